The first kappa shape index (κ1) is 21.2. The van der Waals surface area contributed by atoms with Crippen molar-refractivity contribution in [1.82, 2.24) is 9.97 Å². The highest BCUT2D eigenvalue weighted by Crippen LogP contribution is 2.40. The first-order valence-corrected chi connectivity index (χ1v) is 10.7. The van der Waals surface area contributed by atoms with E-state index in [9.17, 15) is 10.2 Å². The molecule has 158 valence electrons. The van der Waals surface area contributed by atoms with E-state index in [-0.39, 0.29) is 16.0 Å². The summed E-state index contributed by atoms with van der Waals surface area (Å²) in [7, 11) is 3.20. The van der Waals surface area contributed by atoms with Gasteiger partial charge in [0.15, 0.2) is 0 Å². The molecule has 9 heteroatoms. The van der Waals surface area contributed by atoms with E-state index in [1.54, 1.807) is 26.4 Å². The van der Waals surface area contributed by atoms with Crippen molar-refractivity contribution in [2.45, 2.75) is 0 Å². The number of aromatic hydroxyl groups is 2. The molecule has 1 aromatic heterocycles. The minimum atomic E-state index is -0.0960. The number of hydrogen-bond donors (Lipinski definition) is 3. The van der Waals surface area contributed by atoms with Gasteiger partial charge in [0.2, 0.25) is 0 Å². The summed E-state index contributed by atoms with van der Waals surface area (Å²) in [5.74, 6) is 1.85. The van der Waals surface area contributed by atoms with Gasteiger partial charge in [-0.25, -0.2) is 4.98 Å². The van der Waals surface area contributed by atoms with Crippen molar-refractivity contribution >= 4 is 54.8 Å². The summed E-state index contributed by atoms with van der Waals surface area (Å²) in [5.41, 5.74) is 3.55. The monoisotopic (exact) mass is 545 g/mol. The fourth-order valence-corrected chi connectivity index (χ4v) is 4.17. The molecule has 0 aliphatic rings. The van der Waals surface area contributed by atoms with Crippen LogP contribution in [0.4, 0.5) is 5.69 Å². The zero-order valence-electron chi connectivity index (χ0n) is 16.5. The molecule has 3 aromatic carbocycles. The van der Waals surface area contributed by atoms with Gasteiger partial charge in [0.05, 0.1) is 35.4 Å². The average Bonchev–Trinajstić information content (AvgIpc) is 3.22. The highest BCUT2D eigenvalue weighted by atomic mass is 79.9. The molecule has 31 heavy (non-hydrogen) atoms. The van der Waals surface area contributed by atoms with Gasteiger partial charge in [0.25, 0.3) is 0 Å². The maximum Gasteiger partial charge on any atom is 0.147 e. The van der Waals surface area contributed by atoms with Crippen LogP contribution in [-0.2, 0) is 0 Å². The molecule has 1 heterocycles. The van der Waals surface area contributed by atoms with Crippen molar-refractivity contribution in [1.29, 1.82) is 0 Å². The minimum Gasteiger partial charge on any atom is -0.506 e. The fourth-order valence-electron chi connectivity index (χ4n) is 3.02. The SMILES string of the molecule is COc1cc(OC)cc(-c2nc3ccc(N=Cc4cc(Br)c(O)c(Br)c4O)cc3[nH]2)c1. The Hall–Kier alpha value is -3.04. The molecule has 0 radical (unpaired) electrons. The normalized spacial score (nSPS) is 11.4. The van der Waals surface area contributed by atoms with Crippen molar-refractivity contribution in [2.75, 3.05) is 14.2 Å². The number of hydrogen-bond acceptors (Lipinski definition) is 6. The number of nitrogens with zero attached hydrogens (tertiary/aromatic N) is 2. The smallest absolute Gasteiger partial charge is 0.147 e. The van der Waals surface area contributed by atoms with Gasteiger partial charge in [-0.05, 0) is 68.3 Å². The van der Waals surface area contributed by atoms with Crippen molar-refractivity contribution in [2.24, 2.45) is 4.99 Å². The van der Waals surface area contributed by atoms with Crippen LogP contribution in [0, 0.1) is 0 Å². The largest absolute Gasteiger partial charge is 0.506 e. The summed E-state index contributed by atoms with van der Waals surface area (Å²) in [6.07, 6.45) is 1.52. The molecule has 0 aliphatic carbocycles. The van der Waals surface area contributed by atoms with E-state index < -0.39 is 0 Å². The Labute approximate surface area is 194 Å². The lowest BCUT2D eigenvalue weighted by Gasteiger charge is -2.06. The molecule has 0 aliphatic heterocycles. The molecule has 0 saturated carbocycles. The molecule has 4 rings (SSSR count). The van der Waals surface area contributed by atoms with E-state index in [4.69, 9.17) is 9.47 Å². The Morgan fingerprint density at radius 2 is 1.68 bits per heavy atom. The molecule has 0 fully saturated rings. The second-order valence-corrected chi connectivity index (χ2v) is 8.25. The number of phenolic OH excluding ortho intramolecular Hbond substituents is 2. The Bertz CT molecular complexity index is 1300. The van der Waals surface area contributed by atoms with Crippen LogP contribution >= 0.6 is 31.9 Å². The highest BCUT2D eigenvalue weighted by molar-refractivity contribution is 9.11. The Morgan fingerprint density at radius 1 is 0.968 bits per heavy atom. The van der Waals surface area contributed by atoms with Crippen LogP contribution in [0.5, 0.6) is 23.0 Å². The van der Waals surface area contributed by atoms with Crippen LogP contribution in [-0.4, -0.2) is 40.6 Å². The summed E-state index contributed by atoms with van der Waals surface area (Å²) in [6.45, 7) is 0. The van der Waals surface area contributed by atoms with Crippen molar-refractivity contribution in [3.63, 3.8) is 0 Å². The number of methoxy groups -OCH3 is 2. The summed E-state index contributed by atoms with van der Waals surface area (Å²) < 4.78 is 11.3. The molecule has 3 N–H and O–H groups in total. The van der Waals surface area contributed by atoms with Crippen LogP contribution in [0.1, 0.15) is 5.56 Å². The second kappa shape index (κ2) is 8.60. The molecule has 0 spiro atoms. The highest BCUT2D eigenvalue weighted by Gasteiger charge is 2.13. The first-order chi connectivity index (χ1) is 14.9. The standard InChI is InChI=1S/C22H17Br2N3O4/c1-30-14-5-11(6-15(9-14)31-2)22-26-17-4-3-13(8-18(17)27-22)25-10-12-7-16(23)21(29)19(24)20(12)28/h3-10,28-29H,1-2H3,(H,26,27). The molecule has 0 atom stereocenters. The van der Waals surface area contributed by atoms with Gasteiger partial charge in [-0.15, -0.1) is 0 Å². The first-order valence-electron chi connectivity index (χ1n) is 9.07. The number of benzene rings is 3. The second-order valence-electron chi connectivity index (χ2n) is 6.61. The third kappa shape index (κ3) is 4.24. The molecule has 7 nitrogen and oxygen atoms in total. The van der Waals surface area contributed by atoms with E-state index >= 15 is 0 Å². The lowest BCUT2D eigenvalue weighted by Crippen LogP contribution is -1.89. The number of fused-ring (bicyclic) bond motifs is 1. The quantitative estimate of drug-likeness (QED) is 0.269. The minimum absolute atomic E-state index is 0.0739. The van der Waals surface area contributed by atoms with Crippen LogP contribution in [0.3, 0.4) is 0 Å². The van der Waals surface area contributed by atoms with Crippen molar-refractivity contribution in [3.05, 3.63) is 57.0 Å². The van der Waals surface area contributed by atoms with Gasteiger partial charge in [-0.2, -0.15) is 0 Å². The number of aromatic amines is 1. The predicted molar refractivity (Wildman–Crippen MR) is 127 cm³/mol. The van der Waals surface area contributed by atoms with Crippen LogP contribution < -0.4 is 9.47 Å². The molecule has 0 saturated heterocycles. The number of phenols is 2. The van der Waals surface area contributed by atoms with Gasteiger partial charge >= 0.3 is 0 Å². The lowest BCUT2D eigenvalue weighted by molar-refractivity contribution is 0.394. The molecular formula is C22H17Br2N3O4. The zero-order chi connectivity index (χ0) is 22.1. The third-order valence-corrected chi connectivity index (χ3v) is 6.00. The molecule has 4 aromatic rings. The Balaban J connectivity index is 1.68. The molecule has 0 amide bonds. The number of rotatable bonds is 5. The van der Waals surface area contributed by atoms with E-state index in [0.717, 1.165) is 16.6 Å². The topological polar surface area (TPSA) is 100.0 Å². The molecule has 0 bridgehead atoms. The molecular weight excluding hydrogens is 530 g/mol. The number of imidazole rings is 1. The van der Waals surface area contributed by atoms with E-state index in [1.165, 1.54) is 6.21 Å². The van der Waals surface area contributed by atoms with Gasteiger partial charge in [-0.1, -0.05) is 0 Å². The maximum atomic E-state index is 10.2. The van der Waals surface area contributed by atoms with E-state index in [1.807, 2.05) is 30.3 Å². The number of nitrogens with one attached hydrogen (secondary N) is 1. The zero-order valence-corrected chi connectivity index (χ0v) is 19.7. The van der Waals surface area contributed by atoms with Crippen molar-refractivity contribution < 1.29 is 19.7 Å². The maximum absolute atomic E-state index is 10.2. The van der Waals surface area contributed by atoms with Gasteiger partial charge in [-0.3, -0.25) is 4.99 Å². The summed E-state index contributed by atoms with van der Waals surface area (Å²) in [5, 5.41) is 20.1. The predicted octanol–water partition coefficient (Wildman–Crippen LogP) is 5.93. The number of halogens is 2. The Kier molecular flexibility index (Phi) is 5.88. The summed E-state index contributed by atoms with van der Waals surface area (Å²) in [6, 6.07) is 12.7. The average molecular weight is 547 g/mol. The number of aromatic nitrogens is 2. The lowest BCUT2D eigenvalue weighted by atomic mass is 10.2. The third-order valence-electron chi connectivity index (χ3n) is 4.64. The van der Waals surface area contributed by atoms with E-state index in [0.29, 0.717) is 33.0 Å². The number of H-pyrrole nitrogens is 1. The number of ether oxygens (including phenoxy) is 2. The summed E-state index contributed by atoms with van der Waals surface area (Å²) in [4.78, 5) is 12.4. The number of aliphatic imine (C=N–C) groups is 1. The van der Waals surface area contributed by atoms with Crippen LogP contribution in [0.25, 0.3) is 22.4 Å². The van der Waals surface area contributed by atoms with E-state index in [2.05, 4.69) is 46.8 Å². The van der Waals surface area contributed by atoms with Gasteiger partial charge < -0.3 is 24.7 Å². The van der Waals surface area contributed by atoms with Crippen LogP contribution in [0.2, 0.25) is 0 Å². The Morgan fingerprint density at radius 3 is 2.35 bits per heavy atom. The summed E-state index contributed by atoms with van der Waals surface area (Å²) >= 11 is 6.41. The van der Waals surface area contributed by atoms with Crippen LogP contribution in [0.15, 0.2) is 56.4 Å². The molecule has 0 unspecified atom stereocenters. The fraction of sp³-hybridized carbons (Fsp3) is 0.0909. The van der Waals surface area contributed by atoms with Crippen molar-refractivity contribution in [3.8, 4) is 34.4 Å². The van der Waals surface area contributed by atoms with Gasteiger partial charge in [0.1, 0.15) is 33.3 Å². The van der Waals surface area contributed by atoms with Gasteiger partial charge in [0, 0.05) is 23.4 Å².